The van der Waals surface area contributed by atoms with Crippen LogP contribution in [-0.4, -0.2) is 50.3 Å². The van der Waals surface area contributed by atoms with Gasteiger partial charge in [-0.3, -0.25) is 0 Å². The van der Waals surface area contributed by atoms with Crippen molar-refractivity contribution in [2.75, 3.05) is 26.4 Å². The summed E-state index contributed by atoms with van der Waals surface area (Å²) in [4.78, 5) is 45.8. The van der Waals surface area contributed by atoms with E-state index in [0.717, 1.165) is 18.2 Å². The fraction of sp³-hybridized carbons (Fsp3) is 0.278. The van der Waals surface area contributed by atoms with E-state index in [1.165, 1.54) is 6.07 Å². The van der Waals surface area contributed by atoms with E-state index < -0.39 is 61.3 Å². The van der Waals surface area contributed by atoms with Crippen LogP contribution < -0.4 is 0 Å². The molecule has 9 heteroatoms. The zero-order valence-corrected chi connectivity index (χ0v) is 14.6. The van der Waals surface area contributed by atoms with Crippen molar-refractivity contribution in [3.8, 4) is 6.07 Å². The van der Waals surface area contributed by atoms with Crippen LogP contribution in [0.25, 0.3) is 0 Å². The van der Waals surface area contributed by atoms with Crippen LogP contribution >= 0.6 is 0 Å². The molecule has 9 nitrogen and oxygen atoms in total. The molecule has 0 N–H and O–H groups in total. The van der Waals surface area contributed by atoms with Crippen molar-refractivity contribution in [1.29, 1.82) is 5.26 Å². The van der Waals surface area contributed by atoms with Gasteiger partial charge in [-0.25, -0.2) is 19.2 Å². The van der Waals surface area contributed by atoms with Crippen molar-refractivity contribution in [2.45, 2.75) is 0 Å². The third-order valence-electron chi connectivity index (χ3n) is 2.95. The van der Waals surface area contributed by atoms with Gasteiger partial charge in [0.25, 0.3) is 0 Å². The van der Waals surface area contributed by atoms with Gasteiger partial charge >= 0.3 is 23.9 Å². The number of hydrogen-bond donors (Lipinski definition) is 0. The summed E-state index contributed by atoms with van der Waals surface area (Å²) in [5, 5.41) is 8.67. The van der Waals surface area contributed by atoms with Crippen LogP contribution in [0.1, 0.15) is 0 Å². The molecule has 0 saturated carbocycles. The number of carbonyl (C=O) groups is 4. The Bertz CT molecular complexity index is 626. The Morgan fingerprint density at radius 3 is 1.41 bits per heavy atom. The number of esters is 4. The molecule has 0 amide bonds. The molecule has 0 bridgehead atoms. The number of hydrogen-bond acceptors (Lipinski definition) is 9. The third kappa shape index (κ3) is 8.83. The van der Waals surface area contributed by atoms with Crippen molar-refractivity contribution >= 4 is 23.9 Å². The lowest BCUT2D eigenvalue weighted by molar-refractivity contribution is -0.164. The first kappa shape index (κ1) is 23.3. The molecule has 0 radical (unpaired) electrons. The maximum atomic E-state index is 11.7. The predicted octanol–water partition coefficient (Wildman–Crippen LogP) is 0.783. The van der Waals surface area contributed by atoms with Gasteiger partial charge in [-0.1, -0.05) is 26.3 Å². The number of rotatable bonds is 12. The molecular formula is C18H19NO8. The first-order chi connectivity index (χ1) is 12.7. The number of carbonyl (C=O) groups excluding carboxylic acids is 4. The summed E-state index contributed by atoms with van der Waals surface area (Å²) < 4.78 is 19.8. The number of nitrogens with zero attached hydrogens (tertiary/aromatic N) is 1. The van der Waals surface area contributed by atoms with E-state index in [4.69, 9.17) is 24.2 Å². The third-order valence-corrected chi connectivity index (χ3v) is 2.95. The van der Waals surface area contributed by atoms with Gasteiger partial charge in [0.15, 0.2) is 0 Å². The molecule has 0 aromatic heterocycles. The lowest BCUT2D eigenvalue weighted by Crippen LogP contribution is -2.43. The largest absolute Gasteiger partial charge is 0.462 e. The maximum absolute atomic E-state index is 11.7. The summed E-state index contributed by atoms with van der Waals surface area (Å²) in [5.41, 5.74) is -1.93. The van der Waals surface area contributed by atoms with Crippen LogP contribution in [-0.2, 0) is 38.1 Å². The molecule has 27 heavy (non-hydrogen) atoms. The van der Waals surface area contributed by atoms with Crippen LogP contribution in [0.4, 0.5) is 0 Å². The van der Waals surface area contributed by atoms with Crippen LogP contribution in [0, 0.1) is 16.7 Å². The van der Waals surface area contributed by atoms with Crippen molar-refractivity contribution in [3.63, 3.8) is 0 Å². The topological polar surface area (TPSA) is 129 Å². The van der Waals surface area contributed by atoms with E-state index in [9.17, 15) is 19.2 Å². The second-order valence-electron chi connectivity index (χ2n) is 5.10. The normalized spacial score (nSPS) is 9.74. The summed E-state index contributed by atoms with van der Waals surface area (Å²) >= 11 is 0. The molecule has 0 unspecified atom stereocenters. The lowest BCUT2D eigenvalue weighted by atomic mass is 9.92. The van der Waals surface area contributed by atoms with Gasteiger partial charge < -0.3 is 18.9 Å². The quantitative estimate of drug-likeness (QED) is 0.210. The Morgan fingerprint density at radius 2 is 1.11 bits per heavy atom. The summed E-state index contributed by atoms with van der Waals surface area (Å²) in [5.74, 6) is -3.46. The minimum Gasteiger partial charge on any atom is -0.462 e. The summed E-state index contributed by atoms with van der Waals surface area (Å²) in [6.07, 6.45) is 2.67. The standard InChI is InChI=1S/C18H19NO8/c1-5-14(20)24-9-18(10-25-15(21)6-2,11-26-16(22)7-3)12-27-17(23)13(4)8-19/h5-7H,1-4,9-12H2. The molecule has 0 aliphatic carbocycles. The Morgan fingerprint density at radius 1 is 0.778 bits per heavy atom. The highest BCUT2D eigenvalue weighted by Crippen LogP contribution is 2.22. The molecule has 0 saturated heterocycles. The van der Waals surface area contributed by atoms with Gasteiger partial charge in [-0.05, 0) is 0 Å². The van der Waals surface area contributed by atoms with E-state index in [-0.39, 0.29) is 0 Å². The first-order valence-electron chi connectivity index (χ1n) is 7.37. The zero-order chi connectivity index (χ0) is 20.9. The average molecular weight is 377 g/mol. The molecule has 144 valence electrons. The molecule has 0 spiro atoms. The lowest BCUT2D eigenvalue weighted by Gasteiger charge is -2.31. The maximum Gasteiger partial charge on any atom is 0.348 e. The van der Waals surface area contributed by atoms with Gasteiger partial charge in [0.1, 0.15) is 43.5 Å². The predicted molar refractivity (Wildman–Crippen MR) is 91.6 cm³/mol. The molecule has 0 fully saturated rings. The second kappa shape index (κ2) is 11.8. The Hall–Kier alpha value is -3.67. The van der Waals surface area contributed by atoms with Crippen molar-refractivity contribution in [3.05, 3.63) is 50.1 Å². The monoisotopic (exact) mass is 377 g/mol. The van der Waals surface area contributed by atoms with Crippen molar-refractivity contribution < 1.29 is 38.1 Å². The van der Waals surface area contributed by atoms with Crippen LogP contribution in [0.15, 0.2) is 50.1 Å². The Kier molecular flexibility index (Phi) is 10.2. The van der Waals surface area contributed by atoms with Crippen LogP contribution in [0.2, 0.25) is 0 Å². The highest BCUT2D eigenvalue weighted by Gasteiger charge is 2.37. The summed E-state index contributed by atoms with van der Waals surface area (Å²) in [7, 11) is 0. The molecule has 0 heterocycles. The SMILES string of the molecule is C=CC(=O)OCC(COC(=O)C=C)(COC(=O)C=C)COC(=O)C(=C)C#N. The van der Waals surface area contributed by atoms with E-state index >= 15 is 0 Å². The van der Waals surface area contributed by atoms with E-state index in [2.05, 4.69) is 26.3 Å². The first-order valence-corrected chi connectivity index (χ1v) is 7.37. The molecule has 0 aliphatic heterocycles. The molecule has 0 aromatic rings. The van der Waals surface area contributed by atoms with Crippen LogP contribution in [0.3, 0.4) is 0 Å². The van der Waals surface area contributed by atoms with Gasteiger partial charge in [0, 0.05) is 18.2 Å². The molecular weight excluding hydrogens is 358 g/mol. The van der Waals surface area contributed by atoms with Gasteiger partial charge in [0.2, 0.25) is 0 Å². The van der Waals surface area contributed by atoms with E-state index in [0.29, 0.717) is 0 Å². The molecule has 0 aliphatic rings. The van der Waals surface area contributed by atoms with Gasteiger partial charge in [0.05, 0.1) is 0 Å². The second-order valence-corrected chi connectivity index (χ2v) is 5.10. The fourth-order valence-electron chi connectivity index (χ4n) is 1.45. The minimum atomic E-state index is -1.46. The molecule has 0 rings (SSSR count). The molecule has 0 aromatic carbocycles. The smallest absolute Gasteiger partial charge is 0.348 e. The number of ether oxygens (including phenoxy) is 4. The Balaban J connectivity index is 5.52. The van der Waals surface area contributed by atoms with Crippen LogP contribution in [0.5, 0.6) is 0 Å². The highest BCUT2D eigenvalue weighted by atomic mass is 16.6. The Labute approximate surface area is 156 Å². The van der Waals surface area contributed by atoms with Crippen molar-refractivity contribution in [1.82, 2.24) is 0 Å². The zero-order valence-electron chi connectivity index (χ0n) is 14.6. The molecule has 0 atom stereocenters. The average Bonchev–Trinajstić information content (AvgIpc) is 2.70. The highest BCUT2D eigenvalue weighted by molar-refractivity contribution is 5.91. The fourth-order valence-corrected chi connectivity index (χ4v) is 1.45. The summed E-state index contributed by atoms with van der Waals surface area (Å²) in [6.45, 7) is 11.0. The van der Waals surface area contributed by atoms with Gasteiger partial charge in [-0.2, -0.15) is 5.26 Å². The van der Waals surface area contributed by atoms with Crippen molar-refractivity contribution in [2.24, 2.45) is 5.41 Å². The number of nitriles is 1. The van der Waals surface area contributed by atoms with E-state index in [1.54, 1.807) is 0 Å². The minimum absolute atomic E-state index is 0.459. The summed E-state index contributed by atoms with van der Waals surface area (Å²) in [6, 6.07) is 1.51. The van der Waals surface area contributed by atoms with E-state index in [1.807, 2.05) is 0 Å². The van der Waals surface area contributed by atoms with Gasteiger partial charge in [-0.15, -0.1) is 0 Å².